The molecule has 0 fully saturated rings. The summed E-state index contributed by atoms with van der Waals surface area (Å²) in [5, 5.41) is 22.4. The maximum atomic E-state index is 12.3. The van der Waals surface area contributed by atoms with E-state index in [0.717, 1.165) is 5.56 Å². The lowest BCUT2D eigenvalue weighted by molar-refractivity contribution is -0.124. The molecule has 0 aliphatic heterocycles. The van der Waals surface area contributed by atoms with Gasteiger partial charge in [0.2, 0.25) is 5.95 Å². The monoisotopic (exact) mass is 454 g/mol. The number of nitriles is 1. The van der Waals surface area contributed by atoms with Gasteiger partial charge in [-0.2, -0.15) is 28.1 Å². The van der Waals surface area contributed by atoms with Crippen molar-refractivity contribution in [3.05, 3.63) is 72.1 Å². The Morgan fingerprint density at radius 3 is 2.85 bits per heavy atom. The van der Waals surface area contributed by atoms with Crippen LogP contribution in [0.1, 0.15) is 12.5 Å². The number of rotatable bonds is 9. The quantitative estimate of drug-likeness (QED) is 0.473. The summed E-state index contributed by atoms with van der Waals surface area (Å²) in [4.78, 5) is 8.65. The van der Waals surface area contributed by atoms with E-state index in [1.165, 1.54) is 6.20 Å². The minimum absolute atomic E-state index is 0.0674. The average molecular weight is 454 g/mol. The second-order valence-corrected chi connectivity index (χ2v) is 6.97. The highest BCUT2D eigenvalue weighted by atomic mass is 19.4. The molecule has 1 aromatic carbocycles. The summed E-state index contributed by atoms with van der Waals surface area (Å²) in [5.41, 5.74) is 3.60. The third kappa shape index (κ3) is 6.72. The van der Waals surface area contributed by atoms with Crippen molar-refractivity contribution in [2.24, 2.45) is 0 Å². The first-order valence-corrected chi connectivity index (χ1v) is 9.90. The third-order valence-corrected chi connectivity index (χ3v) is 4.43. The summed E-state index contributed by atoms with van der Waals surface area (Å²) in [7, 11) is 0. The van der Waals surface area contributed by atoms with Crippen LogP contribution in [0.4, 0.5) is 19.1 Å². The Kier molecular flexibility index (Phi) is 7.53. The van der Waals surface area contributed by atoms with Crippen molar-refractivity contribution in [1.82, 2.24) is 30.3 Å². The molecule has 0 bridgehead atoms. The Hall–Kier alpha value is -4.04. The number of benzene rings is 1. The number of fused-ring (bicyclic) bond motifs is 1. The smallest absolute Gasteiger partial charge is 0.325 e. The molecule has 0 radical (unpaired) electrons. The van der Waals surface area contributed by atoms with E-state index in [-0.39, 0.29) is 18.9 Å². The van der Waals surface area contributed by atoms with Gasteiger partial charge in [0.25, 0.3) is 0 Å². The molecule has 11 heteroatoms. The van der Waals surface area contributed by atoms with E-state index >= 15 is 0 Å². The van der Waals surface area contributed by atoms with Crippen LogP contribution < -0.4 is 10.6 Å². The maximum Gasteiger partial charge on any atom is 0.401 e. The predicted octanol–water partition coefficient (Wildman–Crippen LogP) is 3.86. The van der Waals surface area contributed by atoms with Gasteiger partial charge >= 0.3 is 6.18 Å². The molecule has 0 unspecified atom stereocenters. The van der Waals surface area contributed by atoms with Crippen LogP contribution >= 0.6 is 0 Å². The van der Waals surface area contributed by atoms with E-state index in [0.29, 0.717) is 28.1 Å². The minimum atomic E-state index is -4.26. The molecule has 0 amide bonds. The molecular formula is C22H21F3N8. The zero-order chi connectivity index (χ0) is 23.8. The van der Waals surface area contributed by atoms with Crippen LogP contribution in [0, 0.1) is 11.3 Å². The lowest BCUT2D eigenvalue weighted by Crippen LogP contribution is -2.29. The van der Waals surface area contributed by atoms with Gasteiger partial charge in [0.05, 0.1) is 30.9 Å². The SMILES string of the molecule is C=C(/C=C\C(=C/C)CNCC(F)(F)F)Nc1ncc2nnn(-c3cccc(CC#N)c3)c2n1. The number of nitrogens with zero attached hydrogens (tertiary/aromatic N) is 6. The summed E-state index contributed by atoms with van der Waals surface area (Å²) >= 11 is 0. The van der Waals surface area contributed by atoms with Gasteiger partial charge in [-0.15, -0.1) is 5.10 Å². The van der Waals surface area contributed by atoms with Crippen LogP contribution in [0.15, 0.2) is 66.5 Å². The second-order valence-electron chi connectivity index (χ2n) is 6.97. The summed E-state index contributed by atoms with van der Waals surface area (Å²) in [5.74, 6) is 0.256. The second kappa shape index (κ2) is 10.5. The Balaban J connectivity index is 1.71. The molecule has 2 N–H and O–H groups in total. The molecule has 0 aliphatic carbocycles. The van der Waals surface area contributed by atoms with Crippen LogP contribution in [0.2, 0.25) is 0 Å². The van der Waals surface area contributed by atoms with Crippen molar-refractivity contribution >= 4 is 17.1 Å². The van der Waals surface area contributed by atoms with E-state index in [4.69, 9.17) is 5.26 Å². The highest BCUT2D eigenvalue weighted by molar-refractivity contribution is 5.72. The number of nitrogens with one attached hydrogen (secondary N) is 2. The summed E-state index contributed by atoms with van der Waals surface area (Å²) in [6.07, 6.45) is 2.52. The van der Waals surface area contributed by atoms with Crippen molar-refractivity contribution in [2.45, 2.75) is 19.5 Å². The van der Waals surface area contributed by atoms with Gasteiger partial charge in [0.1, 0.15) is 0 Å². The fourth-order valence-corrected chi connectivity index (χ4v) is 2.85. The lowest BCUT2D eigenvalue weighted by Gasteiger charge is -2.09. The van der Waals surface area contributed by atoms with Crippen molar-refractivity contribution < 1.29 is 13.2 Å². The first-order chi connectivity index (χ1) is 15.8. The van der Waals surface area contributed by atoms with Gasteiger partial charge in [0, 0.05) is 12.2 Å². The molecule has 0 saturated carbocycles. The molecule has 2 heterocycles. The lowest BCUT2D eigenvalue weighted by atomic mass is 10.1. The molecule has 170 valence electrons. The number of allylic oxidation sites excluding steroid dienone is 2. The van der Waals surface area contributed by atoms with Gasteiger partial charge in [-0.1, -0.05) is 36.1 Å². The van der Waals surface area contributed by atoms with E-state index in [1.807, 2.05) is 24.3 Å². The van der Waals surface area contributed by atoms with Crippen molar-refractivity contribution in [1.29, 1.82) is 5.26 Å². The maximum absolute atomic E-state index is 12.3. The van der Waals surface area contributed by atoms with E-state index in [9.17, 15) is 13.2 Å². The first-order valence-electron chi connectivity index (χ1n) is 9.90. The fraction of sp³-hybridized carbons (Fsp3) is 0.227. The fourth-order valence-electron chi connectivity index (χ4n) is 2.85. The number of hydrogen-bond acceptors (Lipinski definition) is 7. The molecule has 2 aromatic heterocycles. The van der Waals surface area contributed by atoms with Gasteiger partial charge < -0.3 is 10.6 Å². The topological polar surface area (TPSA) is 104 Å². The molecular weight excluding hydrogens is 433 g/mol. The Bertz CT molecular complexity index is 1230. The number of anilines is 1. The Morgan fingerprint density at radius 2 is 2.12 bits per heavy atom. The van der Waals surface area contributed by atoms with Gasteiger partial charge in [0.15, 0.2) is 11.2 Å². The summed E-state index contributed by atoms with van der Waals surface area (Å²) in [6.45, 7) is 4.62. The predicted molar refractivity (Wildman–Crippen MR) is 118 cm³/mol. The van der Waals surface area contributed by atoms with E-state index < -0.39 is 12.7 Å². The third-order valence-electron chi connectivity index (χ3n) is 4.43. The zero-order valence-electron chi connectivity index (χ0n) is 17.8. The van der Waals surface area contributed by atoms with Gasteiger partial charge in [-0.3, -0.25) is 0 Å². The molecule has 8 nitrogen and oxygen atoms in total. The van der Waals surface area contributed by atoms with E-state index in [1.54, 1.807) is 29.8 Å². The molecule has 3 rings (SSSR count). The van der Waals surface area contributed by atoms with Crippen LogP contribution in [-0.4, -0.2) is 44.2 Å². The highest BCUT2D eigenvalue weighted by Gasteiger charge is 2.26. The number of halogens is 3. The van der Waals surface area contributed by atoms with Crippen LogP contribution in [0.5, 0.6) is 0 Å². The Morgan fingerprint density at radius 1 is 1.30 bits per heavy atom. The summed E-state index contributed by atoms with van der Waals surface area (Å²) < 4.78 is 38.4. The average Bonchev–Trinajstić information content (AvgIpc) is 3.19. The number of hydrogen-bond donors (Lipinski definition) is 2. The zero-order valence-corrected chi connectivity index (χ0v) is 17.8. The minimum Gasteiger partial charge on any atom is -0.325 e. The van der Waals surface area contributed by atoms with Crippen molar-refractivity contribution in [3.63, 3.8) is 0 Å². The van der Waals surface area contributed by atoms with Crippen LogP contribution in [0.3, 0.4) is 0 Å². The molecule has 33 heavy (non-hydrogen) atoms. The van der Waals surface area contributed by atoms with Crippen molar-refractivity contribution in [3.8, 4) is 11.8 Å². The first kappa shape index (κ1) is 23.6. The normalized spacial score (nSPS) is 12.3. The Labute approximate surface area is 188 Å². The van der Waals surface area contributed by atoms with Crippen molar-refractivity contribution in [2.75, 3.05) is 18.4 Å². The number of alkyl halides is 3. The van der Waals surface area contributed by atoms with Gasteiger partial charge in [-0.05, 0) is 36.3 Å². The van der Waals surface area contributed by atoms with E-state index in [2.05, 4.69) is 43.6 Å². The van der Waals surface area contributed by atoms with Crippen LogP contribution in [-0.2, 0) is 6.42 Å². The highest BCUT2D eigenvalue weighted by Crippen LogP contribution is 2.17. The summed E-state index contributed by atoms with van der Waals surface area (Å²) in [6, 6.07) is 9.45. The van der Waals surface area contributed by atoms with Crippen LogP contribution in [0.25, 0.3) is 16.9 Å². The van der Waals surface area contributed by atoms with Gasteiger partial charge in [-0.25, -0.2) is 4.98 Å². The number of aromatic nitrogens is 5. The molecule has 0 atom stereocenters. The molecule has 3 aromatic rings. The molecule has 0 saturated heterocycles. The molecule has 0 spiro atoms. The molecule has 0 aliphatic rings. The standard InChI is InChI=1S/C22H21F3N8/c1-3-16(12-27-14-22(23,24)25)8-7-15(2)29-21-28-13-19-20(30-21)33(32-31-19)18-6-4-5-17(11-18)9-10-26/h3-8,11,13,27H,2,9,12,14H2,1H3,(H,28,29,30)/b8-7-,16-3+. The largest absolute Gasteiger partial charge is 0.401 e.